The van der Waals surface area contributed by atoms with Gasteiger partial charge < -0.3 is 10.4 Å². The first-order chi connectivity index (χ1) is 7.06. The van der Waals surface area contributed by atoms with Crippen molar-refractivity contribution in [3.05, 3.63) is 17.5 Å². The fourth-order valence-electron chi connectivity index (χ4n) is 1.79. The molecule has 1 aliphatic rings. The van der Waals surface area contributed by atoms with E-state index in [0.717, 1.165) is 5.69 Å². The van der Waals surface area contributed by atoms with Gasteiger partial charge in [-0.25, -0.2) is 0 Å². The van der Waals surface area contributed by atoms with Crippen molar-refractivity contribution >= 4 is 5.91 Å². The Labute approximate surface area is 88.1 Å². The van der Waals surface area contributed by atoms with E-state index in [0.29, 0.717) is 18.5 Å². The maximum Gasteiger partial charge on any atom is 0.269 e. The lowest BCUT2D eigenvalue weighted by molar-refractivity contribution is 0.0559. The molecule has 0 bridgehead atoms. The minimum atomic E-state index is -0.247. The summed E-state index contributed by atoms with van der Waals surface area (Å²) in [6.45, 7) is 1.85. The number of aryl methyl sites for hydroxylation is 2. The van der Waals surface area contributed by atoms with E-state index in [1.54, 1.807) is 17.8 Å². The van der Waals surface area contributed by atoms with Crippen LogP contribution in [0.15, 0.2) is 6.07 Å². The molecule has 2 N–H and O–H groups in total. The summed E-state index contributed by atoms with van der Waals surface area (Å²) in [7, 11) is 1.75. The number of aliphatic hydroxyl groups is 1. The van der Waals surface area contributed by atoms with E-state index < -0.39 is 0 Å². The third-order valence-corrected chi connectivity index (χ3v) is 2.68. The van der Waals surface area contributed by atoms with E-state index in [1.165, 1.54) is 0 Å². The lowest BCUT2D eigenvalue weighted by atomic mass is 9.89. The summed E-state index contributed by atoms with van der Waals surface area (Å²) >= 11 is 0. The molecule has 5 nitrogen and oxygen atoms in total. The monoisotopic (exact) mass is 209 g/mol. The van der Waals surface area contributed by atoms with Crippen molar-refractivity contribution in [1.29, 1.82) is 0 Å². The van der Waals surface area contributed by atoms with E-state index in [9.17, 15) is 4.79 Å². The molecule has 1 aliphatic carbocycles. The van der Waals surface area contributed by atoms with Gasteiger partial charge in [-0.2, -0.15) is 5.10 Å². The van der Waals surface area contributed by atoms with E-state index in [1.807, 2.05) is 6.92 Å². The average molecular weight is 209 g/mol. The van der Waals surface area contributed by atoms with Gasteiger partial charge in [-0.3, -0.25) is 9.48 Å². The van der Waals surface area contributed by atoms with Gasteiger partial charge >= 0.3 is 0 Å². The van der Waals surface area contributed by atoms with Gasteiger partial charge in [-0.05, 0) is 25.8 Å². The van der Waals surface area contributed by atoms with E-state index in [4.69, 9.17) is 5.11 Å². The fraction of sp³-hybridized carbons (Fsp3) is 0.600. The normalized spacial score (nSPS) is 24.7. The maximum atomic E-state index is 11.7. The van der Waals surface area contributed by atoms with Gasteiger partial charge in [0.1, 0.15) is 5.69 Å². The molecule has 2 rings (SSSR count). The molecule has 1 fully saturated rings. The Morgan fingerprint density at radius 3 is 2.80 bits per heavy atom. The van der Waals surface area contributed by atoms with Crippen molar-refractivity contribution < 1.29 is 9.90 Å². The molecule has 5 heteroatoms. The van der Waals surface area contributed by atoms with Crippen molar-refractivity contribution in [3.63, 3.8) is 0 Å². The molecule has 0 aromatic carbocycles. The Morgan fingerprint density at radius 1 is 1.67 bits per heavy atom. The van der Waals surface area contributed by atoms with Crippen molar-refractivity contribution in [3.8, 4) is 0 Å². The number of nitrogens with one attached hydrogen (secondary N) is 1. The second-order valence-electron chi connectivity index (χ2n) is 4.09. The average Bonchev–Trinajstić information content (AvgIpc) is 2.42. The molecule has 1 aromatic heterocycles. The molecule has 0 unspecified atom stereocenters. The highest BCUT2D eigenvalue weighted by molar-refractivity contribution is 5.92. The van der Waals surface area contributed by atoms with Gasteiger partial charge in [0.05, 0.1) is 11.8 Å². The number of amides is 1. The number of carbonyl (C=O) groups is 1. The summed E-state index contributed by atoms with van der Waals surface area (Å²) in [6, 6.07) is 1.87. The van der Waals surface area contributed by atoms with E-state index >= 15 is 0 Å². The molecule has 82 valence electrons. The fourth-order valence-corrected chi connectivity index (χ4v) is 1.79. The van der Waals surface area contributed by atoms with Crippen LogP contribution in [0.25, 0.3) is 0 Å². The number of hydrogen-bond acceptors (Lipinski definition) is 3. The lowest BCUT2D eigenvalue weighted by Crippen LogP contribution is -2.47. The van der Waals surface area contributed by atoms with Crippen LogP contribution >= 0.6 is 0 Å². The quantitative estimate of drug-likeness (QED) is 0.719. The Hall–Kier alpha value is -1.36. The molecule has 0 saturated heterocycles. The topological polar surface area (TPSA) is 67.2 Å². The predicted molar refractivity (Wildman–Crippen MR) is 54.4 cm³/mol. The van der Waals surface area contributed by atoms with Gasteiger partial charge in [0.2, 0.25) is 0 Å². The SMILES string of the molecule is Cc1cc(C(=O)NC2CC(O)C2)n(C)n1. The van der Waals surface area contributed by atoms with Crippen molar-refractivity contribution in [2.24, 2.45) is 7.05 Å². The van der Waals surface area contributed by atoms with Crippen LogP contribution in [0.1, 0.15) is 29.0 Å². The van der Waals surface area contributed by atoms with Gasteiger partial charge in [-0.1, -0.05) is 0 Å². The van der Waals surface area contributed by atoms with Crippen LogP contribution in [0, 0.1) is 6.92 Å². The largest absolute Gasteiger partial charge is 0.393 e. The highest BCUT2D eigenvalue weighted by Gasteiger charge is 2.29. The number of nitrogens with zero attached hydrogens (tertiary/aromatic N) is 2. The molecular weight excluding hydrogens is 194 g/mol. The lowest BCUT2D eigenvalue weighted by Gasteiger charge is -2.31. The molecule has 0 aliphatic heterocycles. The Morgan fingerprint density at radius 2 is 2.33 bits per heavy atom. The zero-order valence-corrected chi connectivity index (χ0v) is 8.90. The zero-order chi connectivity index (χ0) is 11.0. The summed E-state index contributed by atoms with van der Waals surface area (Å²) in [5, 5.41) is 16.1. The van der Waals surface area contributed by atoms with Gasteiger partial charge in [0, 0.05) is 13.1 Å². The smallest absolute Gasteiger partial charge is 0.269 e. The molecule has 0 radical (unpaired) electrons. The highest BCUT2D eigenvalue weighted by Crippen LogP contribution is 2.19. The number of rotatable bonds is 2. The summed E-state index contributed by atoms with van der Waals surface area (Å²) in [4.78, 5) is 11.7. The molecule has 15 heavy (non-hydrogen) atoms. The summed E-state index contributed by atoms with van der Waals surface area (Å²) in [5.41, 5.74) is 1.39. The van der Waals surface area contributed by atoms with Crippen LogP contribution in [0.4, 0.5) is 0 Å². The molecule has 0 spiro atoms. The highest BCUT2D eigenvalue weighted by atomic mass is 16.3. The predicted octanol–water partition coefficient (Wildman–Crippen LogP) is -0.0184. The third-order valence-electron chi connectivity index (χ3n) is 2.68. The molecule has 1 aromatic rings. The summed E-state index contributed by atoms with van der Waals surface area (Å²) in [5.74, 6) is -0.116. The first-order valence-corrected chi connectivity index (χ1v) is 5.06. The number of aromatic nitrogens is 2. The second kappa shape index (κ2) is 3.66. The number of hydrogen-bond donors (Lipinski definition) is 2. The van der Waals surface area contributed by atoms with Crippen LogP contribution in [0.5, 0.6) is 0 Å². The van der Waals surface area contributed by atoms with Crippen molar-refractivity contribution in [1.82, 2.24) is 15.1 Å². The Bertz CT molecular complexity index is 380. The van der Waals surface area contributed by atoms with Gasteiger partial charge in [0.25, 0.3) is 5.91 Å². The second-order valence-corrected chi connectivity index (χ2v) is 4.09. The van der Waals surface area contributed by atoms with Crippen LogP contribution in [-0.2, 0) is 7.05 Å². The molecular formula is C10H15N3O2. The summed E-state index contributed by atoms with van der Waals surface area (Å²) in [6.07, 6.45) is 1.06. The summed E-state index contributed by atoms with van der Waals surface area (Å²) < 4.78 is 1.57. The standard InChI is InChI=1S/C10H15N3O2/c1-6-3-9(13(2)12-6)10(15)11-7-4-8(14)5-7/h3,7-8,14H,4-5H2,1-2H3,(H,11,15). The van der Waals surface area contributed by atoms with Crippen LogP contribution < -0.4 is 5.32 Å². The Balaban J connectivity index is 1.99. The first kappa shape index (κ1) is 10.2. The Kier molecular flexibility index (Phi) is 2.48. The van der Waals surface area contributed by atoms with E-state index in [2.05, 4.69) is 10.4 Å². The van der Waals surface area contributed by atoms with Gasteiger partial charge in [0.15, 0.2) is 0 Å². The number of carbonyl (C=O) groups excluding carboxylic acids is 1. The molecule has 1 saturated carbocycles. The first-order valence-electron chi connectivity index (χ1n) is 5.06. The zero-order valence-electron chi connectivity index (χ0n) is 8.90. The van der Waals surface area contributed by atoms with Crippen LogP contribution in [-0.4, -0.2) is 32.9 Å². The maximum absolute atomic E-state index is 11.7. The molecule has 1 amide bonds. The minimum absolute atomic E-state index is 0.114. The van der Waals surface area contributed by atoms with E-state index in [-0.39, 0.29) is 18.1 Å². The van der Waals surface area contributed by atoms with Crippen LogP contribution in [0.2, 0.25) is 0 Å². The molecule has 1 heterocycles. The van der Waals surface area contributed by atoms with Crippen molar-refractivity contribution in [2.45, 2.75) is 31.9 Å². The number of aliphatic hydroxyl groups excluding tert-OH is 1. The third kappa shape index (κ3) is 2.02. The molecule has 0 atom stereocenters. The van der Waals surface area contributed by atoms with Crippen molar-refractivity contribution in [2.75, 3.05) is 0 Å². The van der Waals surface area contributed by atoms with Crippen LogP contribution in [0.3, 0.4) is 0 Å². The minimum Gasteiger partial charge on any atom is -0.393 e. The van der Waals surface area contributed by atoms with Gasteiger partial charge in [-0.15, -0.1) is 0 Å².